The maximum atomic E-state index is 12.4. The Morgan fingerprint density at radius 1 is 0.970 bits per heavy atom. The third kappa shape index (κ3) is 5.05. The van der Waals surface area contributed by atoms with E-state index in [-0.39, 0.29) is 6.03 Å². The van der Waals surface area contributed by atoms with Crippen LogP contribution in [0.3, 0.4) is 0 Å². The fourth-order valence-electron chi connectivity index (χ4n) is 4.83. The van der Waals surface area contributed by atoms with Crippen molar-refractivity contribution in [2.45, 2.75) is 13.3 Å². The van der Waals surface area contributed by atoms with Crippen molar-refractivity contribution in [1.82, 2.24) is 15.3 Å². The van der Waals surface area contributed by atoms with Crippen LogP contribution in [-0.2, 0) is 11.2 Å². The van der Waals surface area contributed by atoms with Crippen molar-refractivity contribution < 1.29 is 9.53 Å². The van der Waals surface area contributed by atoms with Crippen molar-refractivity contribution in [2.75, 3.05) is 69.2 Å². The topological polar surface area (TPSA) is 60.1 Å². The molecule has 2 amide bonds. The molecule has 174 valence electrons. The number of ether oxygens (including phenoxy) is 1. The average Bonchev–Trinajstić information content (AvgIpc) is 3.28. The van der Waals surface area contributed by atoms with Crippen LogP contribution >= 0.6 is 0 Å². The minimum Gasteiger partial charge on any atom is -0.379 e. The molecule has 2 saturated heterocycles. The van der Waals surface area contributed by atoms with Crippen molar-refractivity contribution in [3.05, 3.63) is 65.2 Å². The highest BCUT2D eigenvalue weighted by molar-refractivity contribution is 5.92. The normalized spacial score (nSPS) is 19.2. The lowest BCUT2D eigenvalue weighted by atomic mass is 9.98. The highest BCUT2D eigenvalue weighted by Crippen LogP contribution is 2.35. The standard InChI is InChI=1S/C26H33N5O2/c1-2-29-11-13-30(14-12-29)23-8-4-20(5-9-23)24-10-6-21-3-7-22(19-25(21)24)27-26(32)28-31-15-17-33-18-16-31/h3-5,7-10,19H,2,6,11-18H2,1H3,(H2,27,28,32). The second-order valence-electron chi connectivity index (χ2n) is 8.83. The molecular weight excluding hydrogens is 414 g/mol. The number of anilines is 2. The smallest absolute Gasteiger partial charge is 0.333 e. The Morgan fingerprint density at radius 3 is 2.45 bits per heavy atom. The van der Waals surface area contributed by atoms with Crippen LogP contribution in [0.25, 0.3) is 5.57 Å². The Hall–Kier alpha value is -2.87. The molecule has 3 aliphatic rings. The molecule has 0 unspecified atom stereocenters. The number of carbonyl (C=O) groups excluding carboxylic acids is 1. The lowest BCUT2D eigenvalue weighted by molar-refractivity contribution is 0.0207. The van der Waals surface area contributed by atoms with Crippen LogP contribution in [0.1, 0.15) is 23.6 Å². The number of allylic oxidation sites excluding steroid dienone is 1. The number of hydrogen-bond donors (Lipinski definition) is 2. The molecule has 33 heavy (non-hydrogen) atoms. The van der Waals surface area contributed by atoms with E-state index in [1.165, 1.54) is 28.0 Å². The summed E-state index contributed by atoms with van der Waals surface area (Å²) < 4.78 is 5.33. The predicted octanol–water partition coefficient (Wildman–Crippen LogP) is 3.19. The number of morpholine rings is 1. The Labute approximate surface area is 196 Å². The molecule has 0 aromatic heterocycles. The van der Waals surface area contributed by atoms with E-state index in [9.17, 15) is 4.79 Å². The average molecular weight is 448 g/mol. The zero-order chi connectivity index (χ0) is 22.6. The number of urea groups is 1. The molecule has 0 saturated carbocycles. The summed E-state index contributed by atoms with van der Waals surface area (Å²) in [4.78, 5) is 17.4. The number of hydrogen-bond acceptors (Lipinski definition) is 5. The Morgan fingerprint density at radius 2 is 1.73 bits per heavy atom. The summed E-state index contributed by atoms with van der Waals surface area (Å²) >= 11 is 0. The van der Waals surface area contributed by atoms with E-state index >= 15 is 0 Å². The second-order valence-corrected chi connectivity index (χ2v) is 8.83. The highest BCUT2D eigenvalue weighted by Gasteiger charge is 2.19. The number of likely N-dealkylation sites (N-methyl/N-ethyl adjacent to an activating group) is 1. The van der Waals surface area contributed by atoms with Crippen LogP contribution in [0.4, 0.5) is 16.2 Å². The lowest BCUT2D eigenvalue weighted by Gasteiger charge is -2.35. The maximum absolute atomic E-state index is 12.4. The Kier molecular flexibility index (Phi) is 6.62. The van der Waals surface area contributed by atoms with Crippen LogP contribution in [0, 0.1) is 0 Å². The van der Waals surface area contributed by atoms with Gasteiger partial charge in [0.15, 0.2) is 0 Å². The molecular formula is C26H33N5O2. The number of rotatable bonds is 5. The highest BCUT2D eigenvalue weighted by atomic mass is 16.5. The molecule has 0 spiro atoms. The Bertz CT molecular complexity index is 1010. The van der Waals surface area contributed by atoms with Gasteiger partial charge >= 0.3 is 6.03 Å². The monoisotopic (exact) mass is 447 g/mol. The minimum absolute atomic E-state index is 0.215. The van der Waals surface area contributed by atoms with Gasteiger partial charge in [0.05, 0.1) is 13.2 Å². The van der Waals surface area contributed by atoms with Gasteiger partial charge in [-0.1, -0.05) is 31.2 Å². The van der Waals surface area contributed by atoms with Crippen molar-refractivity contribution in [3.63, 3.8) is 0 Å². The van der Waals surface area contributed by atoms with E-state index in [0.717, 1.165) is 44.8 Å². The summed E-state index contributed by atoms with van der Waals surface area (Å²) in [6, 6.07) is 14.9. The van der Waals surface area contributed by atoms with Crippen LogP contribution < -0.4 is 15.6 Å². The summed E-state index contributed by atoms with van der Waals surface area (Å²) in [5, 5.41) is 4.87. The van der Waals surface area contributed by atoms with Gasteiger partial charge in [0, 0.05) is 50.6 Å². The van der Waals surface area contributed by atoms with Crippen molar-refractivity contribution >= 4 is 23.0 Å². The summed E-state index contributed by atoms with van der Waals surface area (Å²) in [5.74, 6) is 0. The van der Waals surface area contributed by atoms with E-state index in [1.807, 2.05) is 11.1 Å². The molecule has 0 radical (unpaired) electrons. The van der Waals surface area contributed by atoms with Crippen molar-refractivity contribution in [2.24, 2.45) is 0 Å². The molecule has 1 aliphatic carbocycles. The zero-order valence-electron chi connectivity index (χ0n) is 19.3. The third-order valence-electron chi connectivity index (χ3n) is 6.82. The summed E-state index contributed by atoms with van der Waals surface area (Å²) in [7, 11) is 0. The largest absolute Gasteiger partial charge is 0.379 e. The van der Waals surface area contributed by atoms with Gasteiger partial charge in [0.2, 0.25) is 0 Å². The summed E-state index contributed by atoms with van der Waals surface area (Å²) in [6.45, 7) is 10.5. The molecule has 2 aliphatic heterocycles. The number of piperazine rings is 1. The van der Waals surface area contributed by atoms with Crippen molar-refractivity contribution in [3.8, 4) is 0 Å². The molecule has 2 heterocycles. The van der Waals surface area contributed by atoms with Gasteiger partial charge in [-0.15, -0.1) is 0 Å². The molecule has 0 bridgehead atoms. The van der Waals surface area contributed by atoms with Gasteiger partial charge < -0.3 is 19.9 Å². The first-order valence-electron chi connectivity index (χ1n) is 12.0. The number of benzene rings is 2. The molecule has 0 atom stereocenters. The van der Waals surface area contributed by atoms with E-state index in [2.05, 4.69) is 69.9 Å². The molecule has 2 aromatic rings. The first-order valence-corrected chi connectivity index (χ1v) is 12.0. The summed E-state index contributed by atoms with van der Waals surface area (Å²) in [6.07, 6.45) is 3.21. The second kappa shape index (κ2) is 9.95. The van der Waals surface area contributed by atoms with Gasteiger partial charge in [-0.2, -0.15) is 0 Å². The molecule has 7 nitrogen and oxygen atoms in total. The SMILES string of the molecule is CCN1CCN(c2ccc(C3=CCc4ccc(NC(=O)NN5CCOCC5)cc43)cc2)CC1. The van der Waals surface area contributed by atoms with Crippen LogP contribution in [0.5, 0.6) is 0 Å². The van der Waals surface area contributed by atoms with E-state index in [1.54, 1.807) is 0 Å². The fraction of sp³-hybridized carbons (Fsp3) is 0.423. The lowest BCUT2D eigenvalue weighted by Crippen LogP contribution is -2.49. The van der Waals surface area contributed by atoms with Crippen LogP contribution in [-0.4, -0.2) is 75.0 Å². The maximum Gasteiger partial charge on any atom is 0.333 e. The first-order chi connectivity index (χ1) is 16.2. The van der Waals surface area contributed by atoms with E-state index in [0.29, 0.717) is 26.3 Å². The number of amides is 2. The van der Waals surface area contributed by atoms with E-state index in [4.69, 9.17) is 4.74 Å². The molecule has 7 heteroatoms. The molecule has 2 N–H and O–H groups in total. The number of carbonyl (C=O) groups is 1. The van der Waals surface area contributed by atoms with Gasteiger partial charge in [-0.05, 0) is 59.5 Å². The zero-order valence-corrected chi connectivity index (χ0v) is 19.3. The predicted molar refractivity (Wildman–Crippen MR) is 133 cm³/mol. The third-order valence-corrected chi connectivity index (χ3v) is 6.82. The van der Waals surface area contributed by atoms with Gasteiger partial charge in [-0.25, -0.2) is 9.80 Å². The van der Waals surface area contributed by atoms with E-state index < -0.39 is 0 Å². The minimum atomic E-state index is -0.215. The Balaban J connectivity index is 1.25. The molecule has 2 aromatic carbocycles. The van der Waals surface area contributed by atoms with Crippen LogP contribution in [0.15, 0.2) is 48.5 Å². The van der Waals surface area contributed by atoms with Crippen molar-refractivity contribution in [1.29, 1.82) is 0 Å². The number of fused-ring (bicyclic) bond motifs is 1. The molecule has 2 fully saturated rings. The molecule has 5 rings (SSSR count). The number of hydrazine groups is 1. The summed E-state index contributed by atoms with van der Waals surface area (Å²) in [5.41, 5.74) is 9.96. The fourth-order valence-corrected chi connectivity index (χ4v) is 4.83. The first kappa shape index (κ1) is 21.9. The number of nitrogens with one attached hydrogen (secondary N) is 2. The van der Waals surface area contributed by atoms with Crippen LogP contribution in [0.2, 0.25) is 0 Å². The van der Waals surface area contributed by atoms with Gasteiger partial charge in [-0.3, -0.25) is 5.43 Å². The van der Waals surface area contributed by atoms with Gasteiger partial charge in [0.1, 0.15) is 0 Å². The van der Waals surface area contributed by atoms with Gasteiger partial charge in [0.25, 0.3) is 0 Å². The quantitative estimate of drug-likeness (QED) is 0.737. The number of nitrogens with zero attached hydrogens (tertiary/aromatic N) is 3.